The molecule has 1 fully saturated rings. The Balaban J connectivity index is 2.01. The Labute approximate surface area is 110 Å². The van der Waals surface area contributed by atoms with Crippen LogP contribution in [-0.2, 0) is 11.2 Å². The molecule has 0 N–H and O–H groups in total. The minimum atomic E-state index is 0.392. The molecule has 0 aliphatic carbocycles. The highest BCUT2D eigenvalue weighted by atomic mass is 16.5. The second-order valence-electron chi connectivity index (χ2n) is 5.14. The first-order chi connectivity index (χ1) is 8.72. The lowest BCUT2D eigenvalue weighted by molar-refractivity contribution is 0.000546. The van der Waals surface area contributed by atoms with Crippen LogP contribution in [-0.4, -0.2) is 45.4 Å². The van der Waals surface area contributed by atoms with Gasteiger partial charge in [-0.2, -0.15) is 0 Å². The lowest BCUT2D eigenvalue weighted by Gasteiger charge is -2.36. The van der Waals surface area contributed by atoms with Crippen LogP contribution in [0, 0.1) is 5.92 Å². The summed E-state index contributed by atoms with van der Waals surface area (Å²) in [6.45, 7) is 2.25. The minimum Gasteiger partial charge on any atom is -0.497 e. The normalized spacial score (nSPS) is 25.1. The topological polar surface area (TPSA) is 21.7 Å². The molecule has 1 aliphatic heterocycles. The van der Waals surface area contributed by atoms with Crippen LogP contribution in [0.5, 0.6) is 5.75 Å². The first kappa shape index (κ1) is 13.4. The predicted octanol–water partition coefficient (Wildman–Crippen LogP) is 2.20. The quantitative estimate of drug-likeness (QED) is 0.816. The first-order valence-corrected chi connectivity index (χ1v) is 6.57. The summed E-state index contributed by atoms with van der Waals surface area (Å²) in [7, 11) is 5.72. The van der Waals surface area contributed by atoms with E-state index in [9.17, 15) is 0 Å². The van der Waals surface area contributed by atoms with Gasteiger partial charge in [-0.15, -0.1) is 0 Å². The van der Waals surface area contributed by atoms with E-state index in [2.05, 4.69) is 24.1 Å². The summed E-state index contributed by atoms with van der Waals surface area (Å²) < 4.78 is 10.8. The molecule has 1 heterocycles. The molecule has 2 rings (SSSR count). The lowest BCUT2D eigenvalue weighted by atomic mass is 9.89. The molecular formula is C15H23NO2. The summed E-state index contributed by atoms with van der Waals surface area (Å²) >= 11 is 0. The average molecular weight is 249 g/mol. The fraction of sp³-hybridized carbons (Fsp3) is 0.600. The number of ether oxygens (including phenoxy) is 2. The van der Waals surface area contributed by atoms with Crippen molar-refractivity contribution in [3.63, 3.8) is 0 Å². The number of likely N-dealkylation sites (tertiary alicyclic amines) is 1. The maximum Gasteiger partial charge on any atom is 0.118 e. The van der Waals surface area contributed by atoms with Crippen LogP contribution in [0.2, 0.25) is 0 Å². The zero-order valence-corrected chi connectivity index (χ0v) is 11.6. The third-order valence-electron chi connectivity index (χ3n) is 3.83. The zero-order valence-electron chi connectivity index (χ0n) is 11.6. The van der Waals surface area contributed by atoms with E-state index in [1.54, 1.807) is 7.11 Å². The molecule has 1 aromatic carbocycles. The summed E-state index contributed by atoms with van der Waals surface area (Å²) in [5.74, 6) is 1.50. The number of piperidine rings is 1. The van der Waals surface area contributed by atoms with Gasteiger partial charge < -0.3 is 14.4 Å². The van der Waals surface area contributed by atoms with E-state index < -0.39 is 0 Å². The monoisotopic (exact) mass is 249 g/mol. The van der Waals surface area contributed by atoms with Crippen molar-refractivity contribution in [3.05, 3.63) is 29.8 Å². The van der Waals surface area contributed by atoms with Crippen molar-refractivity contribution in [1.82, 2.24) is 4.90 Å². The fourth-order valence-corrected chi connectivity index (χ4v) is 2.76. The molecule has 1 aromatic rings. The van der Waals surface area contributed by atoms with Crippen molar-refractivity contribution >= 4 is 0 Å². The van der Waals surface area contributed by atoms with Gasteiger partial charge in [0.25, 0.3) is 0 Å². The number of methoxy groups -OCH3 is 2. The van der Waals surface area contributed by atoms with Crippen molar-refractivity contribution in [2.24, 2.45) is 5.92 Å². The Hall–Kier alpha value is -1.06. The Morgan fingerprint density at radius 1 is 1.22 bits per heavy atom. The van der Waals surface area contributed by atoms with E-state index in [4.69, 9.17) is 9.47 Å². The van der Waals surface area contributed by atoms with E-state index in [-0.39, 0.29) is 0 Å². The third-order valence-corrected chi connectivity index (χ3v) is 3.83. The number of nitrogens with zero attached hydrogens (tertiary/aromatic N) is 1. The maximum absolute atomic E-state index is 5.62. The van der Waals surface area contributed by atoms with E-state index in [1.165, 1.54) is 5.56 Å². The highest BCUT2D eigenvalue weighted by molar-refractivity contribution is 5.27. The van der Waals surface area contributed by atoms with Gasteiger partial charge in [-0.3, -0.25) is 0 Å². The molecule has 0 radical (unpaired) electrons. The van der Waals surface area contributed by atoms with Crippen molar-refractivity contribution in [3.8, 4) is 5.75 Å². The molecule has 3 heteroatoms. The van der Waals surface area contributed by atoms with Crippen LogP contribution in [0.3, 0.4) is 0 Å². The molecule has 0 bridgehead atoms. The van der Waals surface area contributed by atoms with Crippen LogP contribution >= 0.6 is 0 Å². The second kappa shape index (κ2) is 6.21. The predicted molar refractivity (Wildman–Crippen MR) is 73.1 cm³/mol. The number of benzene rings is 1. The fourth-order valence-electron chi connectivity index (χ4n) is 2.76. The van der Waals surface area contributed by atoms with Gasteiger partial charge in [0, 0.05) is 26.1 Å². The Morgan fingerprint density at radius 3 is 2.56 bits per heavy atom. The summed E-state index contributed by atoms with van der Waals surface area (Å²) in [6, 6.07) is 8.37. The highest BCUT2D eigenvalue weighted by Crippen LogP contribution is 2.23. The van der Waals surface area contributed by atoms with Crippen LogP contribution < -0.4 is 4.74 Å². The highest BCUT2D eigenvalue weighted by Gasteiger charge is 2.27. The summed E-state index contributed by atoms with van der Waals surface area (Å²) in [5, 5.41) is 0. The summed E-state index contributed by atoms with van der Waals surface area (Å²) in [5.41, 5.74) is 1.36. The molecule has 100 valence electrons. The summed E-state index contributed by atoms with van der Waals surface area (Å²) in [6.07, 6.45) is 2.60. The van der Waals surface area contributed by atoms with Gasteiger partial charge in [-0.05, 0) is 37.6 Å². The van der Waals surface area contributed by atoms with Crippen molar-refractivity contribution in [2.75, 3.05) is 34.4 Å². The van der Waals surface area contributed by atoms with Gasteiger partial charge in [0.2, 0.25) is 0 Å². The minimum absolute atomic E-state index is 0.392. The molecule has 0 saturated carbocycles. The Kier molecular flexibility index (Phi) is 4.61. The molecule has 2 atom stereocenters. The number of hydrogen-bond donors (Lipinski definition) is 0. The van der Waals surface area contributed by atoms with Crippen molar-refractivity contribution in [2.45, 2.75) is 18.9 Å². The van der Waals surface area contributed by atoms with Crippen LogP contribution in [0.1, 0.15) is 12.0 Å². The van der Waals surface area contributed by atoms with Crippen LogP contribution in [0.15, 0.2) is 24.3 Å². The Bertz CT molecular complexity index is 363. The van der Waals surface area contributed by atoms with Gasteiger partial charge in [0.05, 0.1) is 13.2 Å². The Morgan fingerprint density at radius 2 is 1.94 bits per heavy atom. The first-order valence-electron chi connectivity index (χ1n) is 6.57. The molecular weight excluding hydrogens is 226 g/mol. The van der Waals surface area contributed by atoms with E-state index in [1.807, 2.05) is 19.2 Å². The number of hydrogen-bond acceptors (Lipinski definition) is 3. The standard InChI is InChI=1S/C15H23NO2/c1-16-9-8-15(18-3)13(11-16)10-12-4-6-14(17-2)7-5-12/h4-7,13,15H,8-11H2,1-3H3/t13-,15+/m0/s1. The maximum atomic E-state index is 5.62. The van der Waals surface area contributed by atoms with Crippen LogP contribution in [0.25, 0.3) is 0 Å². The zero-order chi connectivity index (χ0) is 13.0. The molecule has 18 heavy (non-hydrogen) atoms. The van der Waals surface area contributed by atoms with Gasteiger partial charge in [-0.1, -0.05) is 12.1 Å². The lowest BCUT2D eigenvalue weighted by Crippen LogP contribution is -2.42. The van der Waals surface area contributed by atoms with Gasteiger partial charge >= 0.3 is 0 Å². The molecule has 0 amide bonds. The average Bonchev–Trinajstić information content (AvgIpc) is 2.40. The van der Waals surface area contributed by atoms with Crippen molar-refractivity contribution in [1.29, 1.82) is 0 Å². The summed E-state index contributed by atoms with van der Waals surface area (Å²) in [4.78, 5) is 2.39. The second-order valence-corrected chi connectivity index (χ2v) is 5.14. The van der Waals surface area contributed by atoms with Gasteiger partial charge in [0.15, 0.2) is 0 Å². The van der Waals surface area contributed by atoms with Crippen LogP contribution in [0.4, 0.5) is 0 Å². The van der Waals surface area contributed by atoms with Crippen molar-refractivity contribution < 1.29 is 9.47 Å². The molecule has 0 unspecified atom stereocenters. The van der Waals surface area contributed by atoms with E-state index in [0.717, 1.165) is 31.7 Å². The molecule has 3 nitrogen and oxygen atoms in total. The van der Waals surface area contributed by atoms with Gasteiger partial charge in [-0.25, -0.2) is 0 Å². The number of rotatable bonds is 4. The third kappa shape index (κ3) is 3.24. The molecule has 0 aromatic heterocycles. The molecule has 0 spiro atoms. The molecule has 1 saturated heterocycles. The van der Waals surface area contributed by atoms with E-state index in [0.29, 0.717) is 12.0 Å². The molecule has 1 aliphatic rings. The van der Waals surface area contributed by atoms with Gasteiger partial charge in [0.1, 0.15) is 5.75 Å². The largest absolute Gasteiger partial charge is 0.497 e. The van der Waals surface area contributed by atoms with E-state index >= 15 is 0 Å². The smallest absolute Gasteiger partial charge is 0.118 e. The SMILES string of the molecule is COc1ccc(C[C@H]2CN(C)CC[C@H]2OC)cc1.